The highest BCUT2D eigenvalue weighted by molar-refractivity contribution is 4.79. The number of hydrogen-bond donors (Lipinski definition) is 3. The quantitative estimate of drug-likeness (QED) is 0.711. The van der Waals surface area contributed by atoms with Crippen molar-refractivity contribution in [3.05, 3.63) is 0 Å². The lowest BCUT2D eigenvalue weighted by Crippen LogP contribution is -2.40. The molecule has 0 aromatic carbocycles. The first kappa shape index (κ1) is 14.9. The Labute approximate surface area is 106 Å². The smallest absolute Gasteiger partial charge is 0.0553 e. The minimum atomic E-state index is 0.0972. The SMILES string of the molecule is C1CCC(NC2CCCCC2)CC1.NCCO. The van der Waals surface area contributed by atoms with Gasteiger partial charge in [-0.05, 0) is 25.7 Å². The molecule has 4 N–H and O–H groups in total. The van der Waals surface area contributed by atoms with E-state index in [1.807, 2.05) is 0 Å². The molecule has 102 valence electrons. The van der Waals surface area contributed by atoms with E-state index in [-0.39, 0.29) is 6.61 Å². The van der Waals surface area contributed by atoms with Gasteiger partial charge < -0.3 is 16.2 Å². The maximum atomic E-state index is 7.75. The molecule has 2 fully saturated rings. The molecule has 0 aromatic rings. The molecular weight excluding hydrogens is 212 g/mol. The summed E-state index contributed by atoms with van der Waals surface area (Å²) in [5.74, 6) is 0. The van der Waals surface area contributed by atoms with Crippen LogP contribution in [-0.4, -0.2) is 30.3 Å². The van der Waals surface area contributed by atoms with Crippen LogP contribution in [0.3, 0.4) is 0 Å². The van der Waals surface area contributed by atoms with Crippen LogP contribution in [0.25, 0.3) is 0 Å². The largest absolute Gasteiger partial charge is 0.395 e. The average molecular weight is 242 g/mol. The Bertz CT molecular complexity index is 146. The molecule has 0 atom stereocenters. The van der Waals surface area contributed by atoms with Crippen LogP contribution >= 0.6 is 0 Å². The maximum Gasteiger partial charge on any atom is 0.0553 e. The first-order valence-corrected chi connectivity index (χ1v) is 7.43. The third kappa shape index (κ3) is 7.02. The summed E-state index contributed by atoms with van der Waals surface area (Å²) in [6.07, 6.45) is 14.6. The number of aliphatic hydroxyl groups is 1. The summed E-state index contributed by atoms with van der Waals surface area (Å²) in [7, 11) is 0. The molecule has 0 aromatic heterocycles. The molecule has 0 aliphatic heterocycles. The third-order valence-electron chi connectivity index (χ3n) is 3.81. The first-order chi connectivity index (χ1) is 8.36. The molecule has 3 nitrogen and oxygen atoms in total. The van der Waals surface area contributed by atoms with Gasteiger partial charge in [0.1, 0.15) is 0 Å². The summed E-state index contributed by atoms with van der Waals surface area (Å²) < 4.78 is 0. The average Bonchev–Trinajstić information content (AvgIpc) is 2.41. The van der Waals surface area contributed by atoms with Gasteiger partial charge in [-0.2, -0.15) is 0 Å². The highest BCUT2D eigenvalue weighted by atomic mass is 16.3. The van der Waals surface area contributed by atoms with E-state index < -0.39 is 0 Å². The Morgan fingerprint density at radius 3 is 1.47 bits per heavy atom. The Balaban J connectivity index is 0.000000317. The molecule has 0 spiro atoms. The van der Waals surface area contributed by atoms with Crippen LogP contribution in [0, 0.1) is 0 Å². The van der Waals surface area contributed by atoms with Crippen molar-refractivity contribution in [2.24, 2.45) is 5.73 Å². The van der Waals surface area contributed by atoms with Crippen LogP contribution in [0.5, 0.6) is 0 Å². The Kier molecular flexibility index (Phi) is 8.67. The summed E-state index contributed by atoms with van der Waals surface area (Å²) in [6.45, 7) is 0.472. The summed E-state index contributed by atoms with van der Waals surface area (Å²) in [6, 6.07) is 1.74. The number of hydrogen-bond acceptors (Lipinski definition) is 3. The van der Waals surface area contributed by atoms with Crippen LogP contribution in [-0.2, 0) is 0 Å². The molecule has 2 saturated carbocycles. The van der Waals surface area contributed by atoms with Gasteiger partial charge in [0.2, 0.25) is 0 Å². The third-order valence-corrected chi connectivity index (χ3v) is 3.81. The van der Waals surface area contributed by atoms with Gasteiger partial charge >= 0.3 is 0 Å². The predicted molar refractivity (Wildman–Crippen MR) is 73.0 cm³/mol. The molecule has 3 heteroatoms. The van der Waals surface area contributed by atoms with Crippen molar-refractivity contribution in [1.82, 2.24) is 5.32 Å². The van der Waals surface area contributed by atoms with Crippen LogP contribution in [0.4, 0.5) is 0 Å². The molecule has 0 unspecified atom stereocenters. The zero-order chi connectivity index (χ0) is 12.3. The van der Waals surface area contributed by atoms with Gasteiger partial charge in [0, 0.05) is 18.6 Å². The number of nitrogens with one attached hydrogen (secondary N) is 1. The minimum Gasteiger partial charge on any atom is -0.395 e. The van der Waals surface area contributed by atoms with Gasteiger partial charge in [-0.25, -0.2) is 0 Å². The van der Waals surface area contributed by atoms with Crippen molar-refractivity contribution in [3.63, 3.8) is 0 Å². The topological polar surface area (TPSA) is 58.3 Å². The summed E-state index contributed by atoms with van der Waals surface area (Å²) in [5, 5.41) is 11.6. The predicted octanol–water partition coefficient (Wildman–Crippen LogP) is 2.18. The van der Waals surface area contributed by atoms with Crippen LogP contribution in [0.15, 0.2) is 0 Å². The summed E-state index contributed by atoms with van der Waals surface area (Å²) in [4.78, 5) is 0. The Morgan fingerprint density at radius 1 is 0.824 bits per heavy atom. The molecule has 0 bridgehead atoms. The second-order valence-electron chi connectivity index (χ2n) is 5.35. The van der Waals surface area contributed by atoms with E-state index in [1.165, 1.54) is 64.2 Å². The van der Waals surface area contributed by atoms with Crippen LogP contribution in [0.2, 0.25) is 0 Å². The normalized spacial score (nSPS) is 22.9. The maximum absolute atomic E-state index is 7.75. The lowest BCUT2D eigenvalue weighted by atomic mass is 9.91. The molecule has 0 saturated heterocycles. The fourth-order valence-electron chi connectivity index (χ4n) is 2.87. The molecular formula is C14H30N2O. The first-order valence-electron chi connectivity index (χ1n) is 7.43. The van der Waals surface area contributed by atoms with E-state index in [1.54, 1.807) is 0 Å². The van der Waals surface area contributed by atoms with Gasteiger partial charge in [0.15, 0.2) is 0 Å². The van der Waals surface area contributed by atoms with Gasteiger partial charge in [-0.15, -0.1) is 0 Å². The fraction of sp³-hybridized carbons (Fsp3) is 1.00. The molecule has 0 amide bonds. The van der Waals surface area contributed by atoms with E-state index in [9.17, 15) is 0 Å². The summed E-state index contributed by atoms with van der Waals surface area (Å²) in [5.41, 5.74) is 4.78. The Morgan fingerprint density at radius 2 is 1.18 bits per heavy atom. The monoisotopic (exact) mass is 242 g/mol. The lowest BCUT2D eigenvalue weighted by molar-refractivity contribution is 0.291. The van der Waals surface area contributed by atoms with E-state index in [4.69, 9.17) is 10.8 Å². The number of nitrogens with two attached hydrogens (primary N) is 1. The van der Waals surface area contributed by atoms with Crippen LogP contribution < -0.4 is 11.1 Å². The van der Waals surface area contributed by atoms with Gasteiger partial charge in [-0.3, -0.25) is 0 Å². The zero-order valence-corrected chi connectivity index (χ0v) is 11.2. The molecule has 0 radical (unpaired) electrons. The number of aliphatic hydroxyl groups excluding tert-OH is 1. The highest BCUT2D eigenvalue weighted by Crippen LogP contribution is 2.22. The van der Waals surface area contributed by atoms with Crippen LogP contribution in [0.1, 0.15) is 64.2 Å². The Hall–Kier alpha value is -0.120. The lowest BCUT2D eigenvalue weighted by Gasteiger charge is -2.30. The minimum absolute atomic E-state index is 0.0972. The van der Waals surface area contributed by atoms with Crippen molar-refractivity contribution in [3.8, 4) is 0 Å². The van der Waals surface area contributed by atoms with Crippen molar-refractivity contribution in [1.29, 1.82) is 0 Å². The van der Waals surface area contributed by atoms with E-state index in [0.717, 1.165) is 12.1 Å². The molecule has 2 aliphatic rings. The van der Waals surface area contributed by atoms with Gasteiger partial charge in [0.25, 0.3) is 0 Å². The second kappa shape index (κ2) is 9.86. The summed E-state index contributed by atoms with van der Waals surface area (Å²) >= 11 is 0. The number of rotatable bonds is 3. The molecule has 2 aliphatic carbocycles. The van der Waals surface area contributed by atoms with E-state index in [2.05, 4.69) is 5.32 Å². The van der Waals surface area contributed by atoms with Gasteiger partial charge in [0.05, 0.1) is 6.61 Å². The van der Waals surface area contributed by atoms with Crippen molar-refractivity contribution in [2.75, 3.05) is 13.2 Å². The molecule has 0 heterocycles. The van der Waals surface area contributed by atoms with Crippen molar-refractivity contribution in [2.45, 2.75) is 76.3 Å². The molecule has 2 rings (SSSR count). The van der Waals surface area contributed by atoms with Crippen molar-refractivity contribution < 1.29 is 5.11 Å². The zero-order valence-electron chi connectivity index (χ0n) is 11.2. The molecule has 17 heavy (non-hydrogen) atoms. The fourth-order valence-corrected chi connectivity index (χ4v) is 2.87. The van der Waals surface area contributed by atoms with Crippen molar-refractivity contribution >= 4 is 0 Å². The van der Waals surface area contributed by atoms with Gasteiger partial charge in [-0.1, -0.05) is 38.5 Å². The standard InChI is InChI=1S/C12H23N.C2H7NO/c1-3-7-11(8-4-1)13-12-9-5-2-6-10-12;3-1-2-4/h11-13H,1-10H2;4H,1-3H2. The second-order valence-corrected chi connectivity index (χ2v) is 5.35. The van der Waals surface area contributed by atoms with E-state index >= 15 is 0 Å². The highest BCUT2D eigenvalue weighted by Gasteiger charge is 2.19. The van der Waals surface area contributed by atoms with E-state index in [0.29, 0.717) is 6.54 Å².